The van der Waals surface area contributed by atoms with Gasteiger partial charge in [-0.1, -0.05) is 194 Å². The van der Waals surface area contributed by atoms with Crippen LogP contribution >= 0.6 is 0 Å². The second kappa shape index (κ2) is 14.3. The van der Waals surface area contributed by atoms with Crippen LogP contribution in [0.5, 0.6) is 0 Å². The summed E-state index contributed by atoms with van der Waals surface area (Å²) in [6.07, 6.45) is 0. The van der Waals surface area contributed by atoms with Gasteiger partial charge in [0.25, 0.3) is 0 Å². The number of pyridine rings is 1. The SMILES string of the molecule is c1ccc(-c2nc(-c3ccccc3)nc(-c3ccc(-c4ccc5nc(-c6ccccc6)c6cccc(-c7ccccc7-c7ccccc7)c6c5c4)cc3)n2)cc1. The number of benzene rings is 8. The summed E-state index contributed by atoms with van der Waals surface area (Å²) in [5.41, 5.74) is 12.8. The molecule has 10 aromatic rings. The molecule has 0 atom stereocenters. The highest BCUT2D eigenvalue weighted by Gasteiger charge is 2.18. The van der Waals surface area contributed by atoms with Crippen LogP contribution in [0.4, 0.5) is 0 Å². The first-order chi connectivity index (χ1) is 27.8. The Morgan fingerprint density at radius 2 is 0.696 bits per heavy atom. The van der Waals surface area contributed by atoms with Gasteiger partial charge >= 0.3 is 0 Å². The van der Waals surface area contributed by atoms with Crippen molar-refractivity contribution in [3.8, 4) is 78.8 Å². The van der Waals surface area contributed by atoms with E-state index >= 15 is 0 Å². The van der Waals surface area contributed by atoms with Crippen LogP contribution < -0.4 is 0 Å². The minimum absolute atomic E-state index is 0.633. The first-order valence-corrected chi connectivity index (χ1v) is 18.8. The molecule has 0 unspecified atom stereocenters. The van der Waals surface area contributed by atoms with Crippen molar-refractivity contribution in [3.63, 3.8) is 0 Å². The second-order valence-electron chi connectivity index (χ2n) is 13.8. The van der Waals surface area contributed by atoms with Crippen LogP contribution in [0.25, 0.3) is 100 Å². The van der Waals surface area contributed by atoms with Gasteiger partial charge in [0.1, 0.15) is 0 Å². The minimum Gasteiger partial charge on any atom is -0.247 e. The van der Waals surface area contributed by atoms with Gasteiger partial charge in [-0.25, -0.2) is 19.9 Å². The van der Waals surface area contributed by atoms with E-state index < -0.39 is 0 Å². The number of fused-ring (bicyclic) bond motifs is 3. The third-order valence-corrected chi connectivity index (χ3v) is 10.3. The van der Waals surface area contributed by atoms with E-state index in [2.05, 4.69) is 146 Å². The summed E-state index contributed by atoms with van der Waals surface area (Å²) < 4.78 is 0. The number of rotatable bonds is 7. The largest absolute Gasteiger partial charge is 0.247 e. The van der Waals surface area contributed by atoms with Crippen molar-refractivity contribution in [1.29, 1.82) is 0 Å². The maximum atomic E-state index is 5.32. The highest BCUT2D eigenvalue weighted by molar-refractivity contribution is 6.18. The number of nitrogens with zero attached hydrogens (tertiary/aromatic N) is 4. The summed E-state index contributed by atoms with van der Waals surface area (Å²) in [6.45, 7) is 0. The predicted octanol–water partition coefficient (Wildman–Crippen LogP) is 13.2. The van der Waals surface area contributed by atoms with E-state index in [1.165, 1.54) is 27.6 Å². The van der Waals surface area contributed by atoms with Gasteiger partial charge in [0.15, 0.2) is 17.5 Å². The van der Waals surface area contributed by atoms with E-state index in [0.717, 1.165) is 55.4 Å². The number of hydrogen-bond donors (Lipinski definition) is 0. The molecule has 0 spiro atoms. The first kappa shape index (κ1) is 33.0. The Morgan fingerprint density at radius 3 is 1.29 bits per heavy atom. The molecule has 262 valence electrons. The van der Waals surface area contributed by atoms with Crippen LogP contribution in [0.3, 0.4) is 0 Å². The fraction of sp³-hybridized carbons (Fsp3) is 0. The molecule has 0 fully saturated rings. The van der Waals surface area contributed by atoms with Gasteiger partial charge in [-0.3, -0.25) is 0 Å². The van der Waals surface area contributed by atoms with E-state index in [9.17, 15) is 0 Å². The topological polar surface area (TPSA) is 51.6 Å². The van der Waals surface area contributed by atoms with Crippen LogP contribution in [0.15, 0.2) is 206 Å². The molecule has 0 aliphatic carbocycles. The van der Waals surface area contributed by atoms with Crippen molar-refractivity contribution in [3.05, 3.63) is 206 Å². The average molecular weight is 715 g/mol. The molecule has 0 saturated carbocycles. The first-order valence-electron chi connectivity index (χ1n) is 18.8. The molecular formula is C52H34N4. The molecule has 56 heavy (non-hydrogen) atoms. The van der Waals surface area contributed by atoms with Crippen molar-refractivity contribution in [2.45, 2.75) is 0 Å². The Bertz CT molecular complexity index is 2930. The number of aromatic nitrogens is 4. The lowest BCUT2D eigenvalue weighted by Gasteiger charge is -2.17. The van der Waals surface area contributed by atoms with Gasteiger partial charge in [0.2, 0.25) is 0 Å². The molecule has 8 aromatic carbocycles. The standard InChI is InChI=1S/C52H34N4/c1-5-16-36(17-6-1)42-24-13-14-25-43(42)44-26-15-27-45-48(44)46-34-41(32-33-47(46)53-49(45)37-18-7-2-8-19-37)35-28-30-40(31-29-35)52-55-50(38-20-9-3-10-21-38)54-51(56-52)39-22-11-4-12-23-39/h1-34H. The lowest BCUT2D eigenvalue weighted by molar-refractivity contribution is 1.07. The predicted molar refractivity (Wildman–Crippen MR) is 231 cm³/mol. The molecular weight excluding hydrogens is 681 g/mol. The Kier molecular flexibility index (Phi) is 8.47. The zero-order chi connectivity index (χ0) is 37.3. The van der Waals surface area contributed by atoms with Crippen molar-refractivity contribution >= 4 is 21.7 Å². The highest BCUT2D eigenvalue weighted by atomic mass is 15.0. The molecule has 0 radical (unpaired) electrons. The lowest BCUT2D eigenvalue weighted by Crippen LogP contribution is -2.00. The Balaban J connectivity index is 1.12. The van der Waals surface area contributed by atoms with E-state index in [-0.39, 0.29) is 0 Å². The normalized spacial score (nSPS) is 11.2. The molecule has 0 amide bonds. The lowest BCUT2D eigenvalue weighted by atomic mass is 9.88. The fourth-order valence-corrected chi connectivity index (χ4v) is 7.61. The third-order valence-electron chi connectivity index (χ3n) is 10.3. The van der Waals surface area contributed by atoms with Crippen LogP contribution in [-0.4, -0.2) is 19.9 Å². The van der Waals surface area contributed by atoms with E-state index in [1.807, 2.05) is 60.7 Å². The van der Waals surface area contributed by atoms with E-state index in [0.29, 0.717) is 17.5 Å². The van der Waals surface area contributed by atoms with Crippen molar-refractivity contribution in [2.24, 2.45) is 0 Å². The van der Waals surface area contributed by atoms with Crippen molar-refractivity contribution in [1.82, 2.24) is 19.9 Å². The van der Waals surface area contributed by atoms with Crippen LogP contribution in [-0.2, 0) is 0 Å². The second-order valence-corrected chi connectivity index (χ2v) is 13.8. The summed E-state index contributed by atoms with van der Waals surface area (Å²) >= 11 is 0. The minimum atomic E-state index is 0.633. The average Bonchev–Trinajstić information content (AvgIpc) is 3.29. The molecule has 0 aliphatic heterocycles. The Labute approximate surface area is 325 Å². The molecule has 0 aliphatic rings. The molecule has 10 rings (SSSR count). The summed E-state index contributed by atoms with van der Waals surface area (Å²) in [5, 5.41) is 3.41. The van der Waals surface area contributed by atoms with E-state index in [4.69, 9.17) is 19.9 Å². The molecule has 2 aromatic heterocycles. The highest BCUT2D eigenvalue weighted by Crippen LogP contribution is 2.42. The van der Waals surface area contributed by atoms with Gasteiger partial charge in [0, 0.05) is 38.4 Å². The molecule has 0 N–H and O–H groups in total. The van der Waals surface area contributed by atoms with Gasteiger partial charge in [0.05, 0.1) is 11.2 Å². The molecule has 2 heterocycles. The molecule has 0 bridgehead atoms. The maximum absolute atomic E-state index is 5.32. The molecule has 4 heteroatoms. The van der Waals surface area contributed by atoms with Crippen LogP contribution in [0.1, 0.15) is 0 Å². The molecule has 4 nitrogen and oxygen atoms in total. The molecule has 0 saturated heterocycles. The maximum Gasteiger partial charge on any atom is 0.164 e. The summed E-state index contributed by atoms with van der Waals surface area (Å²) in [6, 6.07) is 71.8. The fourth-order valence-electron chi connectivity index (χ4n) is 7.61. The summed E-state index contributed by atoms with van der Waals surface area (Å²) in [7, 11) is 0. The quantitative estimate of drug-likeness (QED) is 0.154. The Hall–Kier alpha value is -7.56. The smallest absolute Gasteiger partial charge is 0.164 e. The zero-order valence-electron chi connectivity index (χ0n) is 30.4. The van der Waals surface area contributed by atoms with Gasteiger partial charge in [-0.05, 0) is 45.5 Å². The van der Waals surface area contributed by atoms with Crippen molar-refractivity contribution in [2.75, 3.05) is 0 Å². The van der Waals surface area contributed by atoms with Crippen LogP contribution in [0, 0.1) is 0 Å². The van der Waals surface area contributed by atoms with Crippen LogP contribution in [0.2, 0.25) is 0 Å². The summed E-state index contributed by atoms with van der Waals surface area (Å²) in [4.78, 5) is 20.1. The van der Waals surface area contributed by atoms with E-state index in [1.54, 1.807) is 0 Å². The Morgan fingerprint density at radius 1 is 0.250 bits per heavy atom. The van der Waals surface area contributed by atoms with Gasteiger partial charge in [-0.15, -0.1) is 0 Å². The third kappa shape index (κ3) is 6.19. The number of hydrogen-bond acceptors (Lipinski definition) is 4. The van der Waals surface area contributed by atoms with Crippen molar-refractivity contribution < 1.29 is 0 Å². The monoisotopic (exact) mass is 714 g/mol. The van der Waals surface area contributed by atoms with Gasteiger partial charge in [-0.2, -0.15) is 0 Å². The van der Waals surface area contributed by atoms with Gasteiger partial charge < -0.3 is 0 Å². The summed E-state index contributed by atoms with van der Waals surface area (Å²) in [5.74, 6) is 1.92. The zero-order valence-corrected chi connectivity index (χ0v) is 30.4.